The molecule has 28 heavy (non-hydrogen) atoms. The first-order valence-electron chi connectivity index (χ1n) is 9.86. The Morgan fingerprint density at radius 2 is 1.82 bits per heavy atom. The van der Waals surface area contributed by atoms with Gasteiger partial charge in [-0.2, -0.15) is 0 Å². The van der Waals surface area contributed by atoms with Gasteiger partial charge < -0.3 is 25.2 Å². The third-order valence-corrected chi connectivity index (χ3v) is 4.08. The Balaban J connectivity index is 0.00000729. The number of likely N-dealkylation sites (tertiary alicyclic amines) is 1. The van der Waals surface area contributed by atoms with Crippen molar-refractivity contribution in [2.75, 3.05) is 46.3 Å². The summed E-state index contributed by atoms with van der Waals surface area (Å²) in [5.41, 5.74) is -0.500. The molecule has 8 nitrogen and oxygen atoms in total. The van der Waals surface area contributed by atoms with Gasteiger partial charge in [-0.15, -0.1) is 24.0 Å². The first-order chi connectivity index (χ1) is 12.6. The van der Waals surface area contributed by atoms with Crippen LogP contribution in [-0.4, -0.2) is 79.7 Å². The molecule has 1 atom stereocenters. The molecular weight excluding hydrogens is 473 g/mol. The maximum atomic E-state index is 12.1. The van der Waals surface area contributed by atoms with Gasteiger partial charge in [-0.25, -0.2) is 9.79 Å². The van der Waals surface area contributed by atoms with Crippen LogP contribution in [-0.2, 0) is 9.53 Å². The van der Waals surface area contributed by atoms with Crippen LogP contribution >= 0.6 is 24.0 Å². The van der Waals surface area contributed by atoms with Crippen molar-refractivity contribution in [1.29, 1.82) is 0 Å². The summed E-state index contributed by atoms with van der Waals surface area (Å²) in [5, 5.41) is 6.40. The molecule has 0 spiro atoms. The second kappa shape index (κ2) is 13.1. The van der Waals surface area contributed by atoms with Crippen LogP contribution in [0, 0.1) is 5.92 Å². The summed E-state index contributed by atoms with van der Waals surface area (Å²) in [6.45, 7) is 13.3. The van der Waals surface area contributed by atoms with E-state index in [1.807, 2.05) is 39.5 Å². The summed E-state index contributed by atoms with van der Waals surface area (Å²) in [5.74, 6) is 0.889. The number of nitrogens with one attached hydrogen (secondary N) is 2. The number of carbonyl (C=O) groups is 2. The molecule has 1 fully saturated rings. The topological polar surface area (TPSA) is 86.3 Å². The monoisotopic (exact) mass is 511 g/mol. The molecule has 0 aromatic carbocycles. The van der Waals surface area contributed by atoms with E-state index in [1.165, 1.54) is 0 Å². The molecule has 1 unspecified atom stereocenters. The average molecular weight is 511 g/mol. The lowest BCUT2D eigenvalue weighted by Crippen LogP contribution is -2.43. The molecule has 0 radical (unpaired) electrons. The highest BCUT2D eigenvalue weighted by Gasteiger charge is 2.21. The SMILES string of the molecule is CCNC(=NCC(=O)N1CCCC1)NCC(C)CN(C)C(=O)OC(C)(C)C.I. The second-order valence-corrected chi connectivity index (χ2v) is 8.13. The molecule has 0 aromatic rings. The quantitative estimate of drug-likeness (QED) is 0.311. The van der Waals surface area contributed by atoms with Gasteiger partial charge >= 0.3 is 6.09 Å². The predicted octanol–water partition coefficient (Wildman–Crippen LogP) is 2.28. The zero-order valence-electron chi connectivity index (χ0n) is 18.2. The van der Waals surface area contributed by atoms with E-state index in [0.717, 1.165) is 32.5 Å². The summed E-state index contributed by atoms with van der Waals surface area (Å²) in [7, 11) is 1.73. The van der Waals surface area contributed by atoms with Crippen LogP contribution in [0.2, 0.25) is 0 Å². The van der Waals surface area contributed by atoms with Gasteiger partial charge in [-0.3, -0.25) is 4.79 Å². The van der Waals surface area contributed by atoms with Crippen molar-refractivity contribution in [1.82, 2.24) is 20.4 Å². The lowest BCUT2D eigenvalue weighted by atomic mass is 10.1. The molecule has 164 valence electrons. The van der Waals surface area contributed by atoms with Gasteiger partial charge in [-0.1, -0.05) is 6.92 Å². The molecule has 1 aliphatic rings. The third-order valence-electron chi connectivity index (χ3n) is 4.08. The summed E-state index contributed by atoms with van der Waals surface area (Å²) in [4.78, 5) is 32.0. The van der Waals surface area contributed by atoms with E-state index in [4.69, 9.17) is 4.74 Å². The largest absolute Gasteiger partial charge is 0.444 e. The van der Waals surface area contributed by atoms with Gasteiger partial charge in [-0.05, 0) is 46.5 Å². The number of hydrogen-bond donors (Lipinski definition) is 2. The number of carbonyl (C=O) groups excluding carboxylic acids is 2. The Hall–Kier alpha value is -1.26. The van der Waals surface area contributed by atoms with Gasteiger partial charge in [0.25, 0.3) is 0 Å². The lowest BCUT2D eigenvalue weighted by molar-refractivity contribution is -0.128. The predicted molar refractivity (Wildman–Crippen MR) is 123 cm³/mol. The van der Waals surface area contributed by atoms with E-state index in [0.29, 0.717) is 19.0 Å². The van der Waals surface area contributed by atoms with Crippen molar-refractivity contribution in [3.8, 4) is 0 Å². The van der Waals surface area contributed by atoms with Crippen LogP contribution in [0.3, 0.4) is 0 Å². The van der Waals surface area contributed by atoms with Crippen molar-refractivity contribution in [2.45, 2.75) is 53.1 Å². The minimum atomic E-state index is -0.500. The fourth-order valence-corrected chi connectivity index (χ4v) is 2.77. The number of ether oxygens (including phenoxy) is 1. The highest BCUT2D eigenvalue weighted by Crippen LogP contribution is 2.10. The lowest BCUT2D eigenvalue weighted by Gasteiger charge is -2.26. The van der Waals surface area contributed by atoms with Gasteiger partial charge in [0, 0.05) is 39.8 Å². The molecule has 2 amide bonds. The van der Waals surface area contributed by atoms with Crippen LogP contribution in [0.1, 0.15) is 47.5 Å². The molecule has 0 aromatic heterocycles. The normalized spacial score (nSPS) is 15.5. The van der Waals surface area contributed by atoms with Gasteiger partial charge in [0.15, 0.2) is 5.96 Å². The standard InChI is InChI=1S/C19H37N5O3.HI/c1-7-20-17(22-13-16(25)24-10-8-9-11-24)21-12-15(2)14-23(6)18(26)27-19(3,4)5;/h15H,7-14H2,1-6H3,(H2,20,21,22);1H. The van der Waals surface area contributed by atoms with Crippen LogP contribution < -0.4 is 10.6 Å². The van der Waals surface area contributed by atoms with Crippen LogP contribution in [0.5, 0.6) is 0 Å². The molecular formula is C19H38IN5O3. The Bertz CT molecular complexity index is 516. The molecule has 2 N–H and O–H groups in total. The van der Waals surface area contributed by atoms with Gasteiger partial charge in [0.1, 0.15) is 12.1 Å². The Kier molecular flexibility index (Phi) is 12.5. The van der Waals surface area contributed by atoms with E-state index in [2.05, 4.69) is 15.6 Å². The Morgan fingerprint density at radius 3 is 2.36 bits per heavy atom. The molecule has 1 heterocycles. The minimum Gasteiger partial charge on any atom is -0.444 e. The highest BCUT2D eigenvalue weighted by molar-refractivity contribution is 14.0. The van der Waals surface area contributed by atoms with E-state index >= 15 is 0 Å². The summed E-state index contributed by atoms with van der Waals surface area (Å²) >= 11 is 0. The fraction of sp³-hybridized carbons (Fsp3) is 0.842. The smallest absolute Gasteiger partial charge is 0.410 e. The average Bonchev–Trinajstić information content (AvgIpc) is 3.10. The van der Waals surface area contributed by atoms with Crippen molar-refractivity contribution < 1.29 is 14.3 Å². The Labute approximate surface area is 186 Å². The van der Waals surface area contributed by atoms with E-state index in [-0.39, 0.29) is 48.4 Å². The van der Waals surface area contributed by atoms with Crippen LogP contribution in [0.25, 0.3) is 0 Å². The van der Waals surface area contributed by atoms with E-state index in [9.17, 15) is 9.59 Å². The molecule has 1 saturated heterocycles. The zero-order chi connectivity index (χ0) is 20.4. The summed E-state index contributed by atoms with van der Waals surface area (Å²) in [6, 6.07) is 0. The van der Waals surface area contributed by atoms with E-state index in [1.54, 1.807) is 11.9 Å². The molecule has 1 aliphatic heterocycles. The first kappa shape index (κ1) is 26.7. The first-order valence-corrected chi connectivity index (χ1v) is 9.86. The molecule has 0 bridgehead atoms. The second-order valence-electron chi connectivity index (χ2n) is 8.13. The van der Waals surface area contributed by atoms with Crippen LogP contribution in [0.15, 0.2) is 4.99 Å². The summed E-state index contributed by atoms with van der Waals surface area (Å²) < 4.78 is 5.37. The number of guanidine groups is 1. The maximum absolute atomic E-state index is 12.1. The number of nitrogens with zero attached hydrogens (tertiary/aromatic N) is 3. The molecule has 1 rings (SSSR count). The summed E-state index contributed by atoms with van der Waals surface area (Å²) in [6.07, 6.45) is 1.83. The number of rotatable bonds is 7. The number of aliphatic imine (C=N–C) groups is 1. The van der Waals surface area contributed by atoms with Crippen molar-refractivity contribution in [3.63, 3.8) is 0 Å². The van der Waals surface area contributed by atoms with Gasteiger partial charge in [0.2, 0.25) is 5.91 Å². The molecule has 0 saturated carbocycles. The fourth-order valence-electron chi connectivity index (χ4n) is 2.77. The van der Waals surface area contributed by atoms with Gasteiger partial charge in [0.05, 0.1) is 0 Å². The number of halogens is 1. The Morgan fingerprint density at radius 1 is 1.21 bits per heavy atom. The number of amides is 2. The van der Waals surface area contributed by atoms with Crippen molar-refractivity contribution >= 4 is 41.9 Å². The zero-order valence-corrected chi connectivity index (χ0v) is 20.5. The van der Waals surface area contributed by atoms with E-state index < -0.39 is 5.60 Å². The maximum Gasteiger partial charge on any atom is 0.410 e. The minimum absolute atomic E-state index is 0. The molecule has 9 heteroatoms. The molecule has 0 aliphatic carbocycles. The highest BCUT2D eigenvalue weighted by atomic mass is 127. The van der Waals surface area contributed by atoms with Crippen molar-refractivity contribution in [3.05, 3.63) is 0 Å². The number of hydrogen-bond acceptors (Lipinski definition) is 4. The van der Waals surface area contributed by atoms with Crippen molar-refractivity contribution in [2.24, 2.45) is 10.9 Å². The third kappa shape index (κ3) is 10.9. The van der Waals surface area contributed by atoms with Crippen LogP contribution in [0.4, 0.5) is 4.79 Å².